The fraction of sp³-hybridized carbons (Fsp3) is 0. The van der Waals surface area contributed by atoms with Gasteiger partial charge in [0, 0.05) is 22.6 Å². The van der Waals surface area contributed by atoms with Crippen LogP contribution in [0.25, 0.3) is 44.5 Å². The minimum absolute atomic E-state index is 0.148. The summed E-state index contributed by atoms with van der Waals surface area (Å²) in [6.07, 6.45) is 0. The molecule has 0 aliphatic carbocycles. The van der Waals surface area contributed by atoms with Gasteiger partial charge in [0.05, 0.1) is 11.5 Å². The number of rotatable bonds is 14. The highest BCUT2D eigenvalue weighted by molar-refractivity contribution is 7.98. The summed E-state index contributed by atoms with van der Waals surface area (Å²) in [6.45, 7) is 0. The first-order valence-electron chi connectivity index (χ1n) is 25.5. The molecule has 1 aromatic heterocycles. The Morgan fingerprint density at radius 2 is 0.609 bits per heavy atom. The molecule has 0 amide bonds. The number of carboxylic acids is 1. The van der Waals surface area contributed by atoms with Gasteiger partial charge in [0.2, 0.25) is 120 Å². The van der Waals surface area contributed by atoms with Gasteiger partial charge in [-0.2, -0.15) is 26.3 Å². The van der Waals surface area contributed by atoms with Crippen molar-refractivity contribution in [1.29, 1.82) is 0 Å². The zero-order valence-electron chi connectivity index (χ0n) is 44.9. The summed E-state index contributed by atoms with van der Waals surface area (Å²) in [5.74, 6) is -81.2. The molecule has 0 saturated heterocycles. The van der Waals surface area contributed by atoms with E-state index in [9.17, 15) is 88.9 Å². The number of aromatic carboxylic acids is 1. The van der Waals surface area contributed by atoms with E-state index < -0.39 is 180 Å². The normalized spacial score (nSPS) is 11.5. The first kappa shape index (κ1) is 64.7. The maximum Gasteiger partial charge on any atom is 0.220 e. The van der Waals surface area contributed by atoms with Crippen molar-refractivity contribution in [3.05, 3.63) is 279 Å². The van der Waals surface area contributed by atoms with Crippen molar-refractivity contribution in [2.24, 2.45) is 0 Å². The van der Waals surface area contributed by atoms with Gasteiger partial charge in [-0.3, -0.25) is 0 Å². The highest BCUT2D eigenvalue weighted by Crippen LogP contribution is 2.55. The van der Waals surface area contributed by atoms with Crippen LogP contribution in [0.4, 0.5) is 87.8 Å². The van der Waals surface area contributed by atoms with Gasteiger partial charge in [-0.1, -0.05) is 114 Å². The van der Waals surface area contributed by atoms with E-state index in [1.54, 1.807) is 0 Å². The van der Waals surface area contributed by atoms with Gasteiger partial charge in [-0.25, -0.2) is 61.5 Å². The number of hydrogen-bond donors (Lipinski definition) is 0. The van der Waals surface area contributed by atoms with Crippen LogP contribution in [0.5, 0.6) is 34.5 Å². The quantitative estimate of drug-likeness (QED) is 0.0470. The van der Waals surface area contributed by atoms with Gasteiger partial charge in [-0.15, -0.1) is 0 Å². The lowest BCUT2D eigenvalue weighted by Crippen LogP contribution is -2.24. The van der Waals surface area contributed by atoms with Crippen LogP contribution in [0.3, 0.4) is 0 Å². The summed E-state index contributed by atoms with van der Waals surface area (Å²) in [5, 5.41) is 14.6. The minimum atomic E-state index is -3.17. The van der Waals surface area contributed by atoms with Crippen LogP contribution in [0.15, 0.2) is 171 Å². The van der Waals surface area contributed by atoms with Crippen molar-refractivity contribution in [2.45, 2.75) is 14.0 Å². The Labute approximate surface area is 510 Å². The number of hydrogen-bond acceptors (Lipinski definition) is 6. The molecule has 0 aliphatic rings. The molecule has 0 fully saturated rings. The number of thiophene rings is 1. The largest absolute Gasteiger partial charge is 0.545 e. The summed E-state index contributed by atoms with van der Waals surface area (Å²) in [4.78, 5) is 15.0. The first-order chi connectivity index (χ1) is 43.8. The fourth-order valence-corrected chi connectivity index (χ4v) is 12.4. The van der Waals surface area contributed by atoms with E-state index >= 15 is 8.78 Å². The van der Waals surface area contributed by atoms with Crippen LogP contribution in [0.2, 0.25) is 0 Å². The van der Waals surface area contributed by atoms with E-state index in [1.165, 1.54) is 47.4 Å². The second-order valence-electron chi connectivity index (χ2n) is 18.8. The lowest BCUT2D eigenvalue weighted by molar-refractivity contribution is -0.255. The van der Waals surface area contributed by atoms with Gasteiger partial charge < -0.3 is 24.1 Å². The fourth-order valence-electron chi connectivity index (χ4n) is 8.86. The number of halogens is 20. The van der Waals surface area contributed by atoms with Crippen LogP contribution < -0.4 is 19.3 Å². The van der Waals surface area contributed by atoms with Gasteiger partial charge in [-0.05, 0) is 75.8 Å². The highest BCUT2D eigenvalue weighted by atomic mass is 32.2. The Hall–Kier alpha value is -10.3. The van der Waals surface area contributed by atoms with E-state index in [0.29, 0.717) is 0 Å². The molecule has 1 atom stereocenters. The van der Waals surface area contributed by atoms with E-state index in [2.05, 4.69) is 165 Å². The molecule has 11 rings (SSSR count). The van der Waals surface area contributed by atoms with Crippen molar-refractivity contribution in [3.8, 4) is 79.0 Å². The van der Waals surface area contributed by atoms with Crippen molar-refractivity contribution in [3.63, 3.8) is 0 Å². The Balaban J connectivity index is 0.000000220. The van der Waals surface area contributed by atoms with E-state index in [-0.39, 0.29) is 10.9 Å². The third-order valence-corrected chi connectivity index (χ3v) is 16.8. The van der Waals surface area contributed by atoms with Crippen LogP contribution in [0.1, 0.15) is 10.4 Å². The van der Waals surface area contributed by atoms with E-state index in [4.69, 9.17) is 0 Å². The maximum absolute atomic E-state index is 15.2. The molecular formula is C65H26F20O5S2. The predicted molar refractivity (Wildman–Crippen MR) is 291 cm³/mol. The number of benzene rings is 10. The van der Waals surface area contributed by atoms with E-state index in [0.717, 1.165) is 0 Å². The van der Waals surface area contributed by atoms with Crippen LogP contribution in [-0.2, 0) is 10.9 Å². The van der Waals surface area contributed by atoms with Crippen LogP contribution in [-0.4, -0.2) is 5.97 Å². The maximum atomic E-state index is 15.2. The molecule has 0 bridgehead atoms. The second kappa shape index (κ2) is 26.3. The average Bonchev–Trinajstić information content (AvgIpc) is 0.815. The molecule has 10 aromatic carbocycles. The summed E-state index contributed by atoms with van der Waals surface area (Å²) in [7, 11) is -0.148. The zero-order chi connectivity index (χ0) is 66.3. The summed E-state index contributed by atoms with van der Waals surface area (Å²) >= 11 is 1.86. The molecule has 0 aliphatic heterocycles. The third-order valence-electron chi connectivity index (χ3n) is 13.3. The molecule has 11 aromatic rings. The third kappa shape index (κ3) is 12.0. The summed E-state index contributed by atoms with van der Waals surface area (Å²) in [6, 6.07) is 51.8. The van der Waals surface area contributed by atoms with Crippen molar-refractivity contribution < 1.29 is 112 Å². The van der Waals surface area contributed by atoms with Crippen LogP contribution in [0, 0.1) is 116 Å². The lowest BCUT2D eigenvalue weighted by Gasteiger charge is -2.24. The average molecular weight is 1330 g/mol. The van der Waals surface area contributed by atoms with E-state index in [1.807, 2.05) is 11.3 Å². The molecule has 0 N–H and O–H groups in total. The zero-order valence-corrected chi connectivity index (χ0v) is 46.6. The molecule has 0 saturated carbocycles. The number of ether oxygens (including phenoxy) is 3. The highest BCUT2D eigenvalue weighted by Gasteiger charge is 2.39. The Bertz CT molecular complexity index is 4580. The molecule has 468 valence electrons. The summed E-state index contributed by atoms with van der Waals surface area (Å²) in [5.41, 5.74) is -0.165. The molecule has 0 spiro atoms. The smallest absolute Gasteiger partial charge is 0.220 e. The second-order valence-corrected chi connectivity index (χ2v) is 22.0. The molecule has 92 heavy (non-hydrogen) atoms. The number of carbonyl (C=O) groups excluding carboxylic acids is 1. The van der Waals surface area contributed by atoms with Gasteiger partial charge in [0.25, 0.3) is 0 Å². The Morgan fingerprint density at radius 1 is 0.304 bits per heavy atom. The number of carboxylic acid groups (broad SMARTS) is 1. The van der Waals surface area contributed by atoms with Crippen molar-refractivity contribution in [2.75, 3.05) is 0 Å². The lowest BCUT2D eigenvalue weighted by atomic mass is 9.95. The Kier molecular flexibility index (Phi) is 18.5. The molecule has 1 unspecified atom stereocenters. The topological polar surface area (TPSA) is 67.8 Å². The molecule has 0 radical (unpaired) electrons. The van der Waals surface area contributed by atoms with Crippen molar-refractivity contribution >= 4 is 28.2 Å². The van der Waals surface area contributed by atoms with Gasteiger partial charge in [0.15, 0.2) is 44.6 Å². The molecule has 27 heteroatoms. The Morgan fingerprint density at radius 3 is 1.00 bits per heavy atom. The monoisotopic (exact) mass is 1330 g/mol. The van der Waals surface area contributed by atoms with Gasteiger partial charge in [0.1, 0.15) is 10.9 Å². The SMILES string of the molecule is O=C([O-])c1cc(Oc2c(F)c(F)c(F)c(F)c2F)c(Oc2c(F)c(F)c(F)c(F)c2F)c(Oc2c(F)c(F)c(F)c(F)c2F)c1-c1c(F)c(F)c(F)c(F)c1F.c1ccc(-c2ccc(-c3csc([S+](c4ccccc4)c4ccc(-c5ccccc5)cc4)c3)cc2)cc1. The summed E-state index contributed by atoms with van der Waals surface area (Å²) < 4.78 is 303. The molecule has 5 nitrogen and oxygen atoms in total. The van der Waals surface area contributed by atoms with Crippen LogP contribution >= 0.6 is 11.3 Å². The van der Waals surface area contributed by atoms with Gasteiger partial charge >= 0.3 is 0 Å². The molecule has 1 heterocycles. The number of carbonyl (C=O) groups is 1. The first-order valence-corrected chi connectivity index (χ1v) is 27.6. The molecular weight excluding hydrogens is 1300 g/mol. The van der Waals surface area contributed by atoms with Crippen molar-refractivity contribution in [1.82, 2.24) is 0 Å². The predicted octanol–water partition coefficient (Wildman–Crippen LogP) is 19.7. The minimum Gasteiger partial charge on any atom is -0.545 e. The standard InChI is InChI=1S/C34H25S2.C31H2F20O5/c1-4-10-26(11-5-1)28-16-18-30(19-17-28)31-24-34(35-25-31)36(32-14-8-3-9-15-32)33-22-20-29(21-23-33)27-12-6-2-7-13-27;32-6-5(7(33)9(35)10(36)8(6)34)4-2(31(52)53)1-3(54-28-20(46)14(40)11(37)15(41)21(28)47)26(55-29-22(48)16(42)12(38)17(43)23(29)49)27(4)56-30-24(50)18(44)13(39)19(45)25(30)51/h1-25H;1H,(H,52,53)/q+1;/p-1.